The van der Waals surface area contributed by atoms with Crippen LogP contribution < -0.4 is 4.74 Å². The Labute approximate surface area is 142 Å². The third kappa shape index (κ3) is 3.57. The molecule has 0 aromatic carbocycles. The van der Waals surface area contributed by atoms with Gasteiger partial charge < -0.3 is 9.47 Å². The lowest BCUT2D eigenvalue weighted by molar-refractivity contribution is -0.0540. The van der Waals surface area contributed by atoms with Gasteiger partial charge in [0.1, 0.15) is 11.9 Å². The average molecular weight is 325 g/mol. The molecule has 2 aromatic heterocycles. The molecule has 0 amide bonds. The molecule has 0 radical (unpaired) electrons. The van der Waals surface area contributed by atoms with Crippen molar-refractivity contribution in [2.75, 3.05) is 19.7 Å². The van der Waals surface area contributed by atoms with Crippen molar-refractivity contribution in [3.05, 3.63) is 54.6 Å². The van der Waals surface area contributed by atoms with Crippen molar-refractivity contribution in [2.24, 2.45) is 0 Å². The van der Waals surface area contributed by atoms with Crippen LogP contribution in [-0.4, -0.2) is 46.3 Å². The number of hydrogen-bond acceptors (Lipinski definition) is 5. The SMILES string of the molecule is c1ccc(CN2CCC[C@]3(C[C@H](Oc4cccnc4)CO3)C2)nc1. The average Bonchev–Trinajstić information content (AvgIpc) is 2.98. The molecule has 0 unspecified atom stereocenters. The summed E-state index contributed by atoms with van der Waals surface area (Å²) in [6.07, 6.45) is 8.71. The monoisotopic (exact) mass is 325 g/mol. The Morgan fingerprint density at radius 1 is 1.25 bits per heavy atom. The molecule has 5 heteroatoms. The maximum Gasteiger partial charge on any atom is 0.138 e. The Balaban J connectivity index is 1.37. The smallest absolute Gasteiger partial charge is 0.138 e. The highest BCUT2D eigenvalue weighted by atomic mass is 16.6. The molecule has 2 saturated heterocycles. The Kier molecular flexibility index (Phi) is 4.45. The van der Waals surface area contributed by atoms with E-state index in [9.17, 15) is 0 Å². The normalized spacial score (nSPS) is 27.4. The molecule has 1 spiro atoms. The summed E-state index contributed by atoms with van der Waals surface area (Å²) >= 11 is 0. The van der Waals surface area contributed by atoms with E-state index >= 15 is 0 Å². The first-order chi connectivity index (χ1) is 11.8. The molecule has 4 heterocycles. The van der Waals surface area contributed by atoms with Gasteiger partial charge in [-0.15, -0.1) is 0 Å². The number of pyridine rings is 2. The number of nitrogens with zero attached hydrogens (tertiary/aromatic N) is 3. The molecule has 0 aliphatic carbocycles. The highest BCUT2D eigenvalue weighted by molar-refractivity contribution is 5.16. The Morgan fingerprint density at radius 2 is 2.25 bits per heavy atom. The second kappa shape index (κ2) is 6.87. The topological polar surface area (TPSA) is 47.5 Å². The molecule has 5 nitrogen and oxygen atoms in total. The van der Waals surface area contributed by atoms with Gasteiger partial charge in [0.05, 0.1) is 24.1 Å². The molecule has 2 atom stereocenters. The standard InChI is InChI=1S/C19H23N3O2/c1-2-9-21-16(5-1)13-22-10-4-7-19(15-22)11-18(14-23-19)24-17-6-3-8-20-12-17/h1-3,5-6,8-9,12,18H,4,7,10-11,13-15H2/t18-,19-/m0/s1. The van der Waals surface area contributed by atoms with E-state index in [4.69, 9.17) is 9.47 Å². The zero-order valence-corrected chi connectivity index (χ0v) is 13.8. The number of ether oxygens (including phenoxy) is 2. The highest BCUT2D eigenvalue weighted by Crippen LogP contribution is 2.36. The molecule has 4 rings (SSSR count). The van der Waals surface area contributed by atoms with E-state index in [0.717, 1.165) is 50.3 Å². The van der Waals surface area contributed by atoms with Crippen molar-refractivity contribution in [3.8, 4) is 5.75 Å². The van der Waals surface area contributed by atoms with E-state index in [0.29, 0.717) is 6.61 Å². The first-order valence-corrected chi connectivity index (χ1v) is 8.64. The molecule has 0 N–H and O–H groups in total. The van der Waals surface area contributed by atoms with Gasteiger partial charge >= 0.3 is 0 Å². The molecular formula is C19H23N3O2. The van der Waals surface area contributed by atoms with E-state index in [1.165, 1.54) is 0 Å². The largest absolute Gasteiger partial charge is 0.486 e. The van der Waals surface area contributed by atoms with E-state index < -0.39 is 0 Å². The van der Waals surface area contributed by atoms with Gasteiger partial charge in [-0.2, -0.15) is 0 Å². The van der Waals surface area contributed by atoms with Crippen LogP contribution in [0.15, 0.2) is 48.9 Å². The fourth-order valence-electron chi connectivity index (χ4n) is 3.82. The third-order valence-corrected chi connectivity index (χ3v) is 4.84. The Bertz CT molecular complexity index is 652. The van der Waals surface area contributed by atoms with Crippen molar-refractivity contribution >= 4 is 0 Å². The van der Waals surface area contributed by atoms with Crippen LogP contribution in [0.1, 0.15) is 25.0 Å². The van der Waals surface area contributed by atoms with Crippen molar-refractivity contribution < 1.29 is 9.47 Å². The van der Waals surface area contributed by atoms with Crippen molar-refractivity contribution in [1.82, 2.24) is 14.9 Å². The van der Waals surface area contributed by atoms with Gasteiger partial charge in [0, 0.05) is 31.9 Å². The fraction of sp³-hybridized carbons (Fsp3) is 0.474. The van der Waals surface area contributed by atoms with E-state index in [1.54, 1.807) is 12.4 Å². The fourth-order valence-corrected chi connectivity index (χ4v) is 3.82. The van der Waals surface area contributed by atoms with Crippen molar-refractivity contribution in [1.29, 1.82) is 0 Å². The number of piperidine rings is 1. The van der Waals surface area contributed by atoms with Crippen molar-refractivity contribution in [3.63, 3.8) is 0 Å². The summed E-state index contributed by atoms with van der Waals surface area (Å²) in [5, 5.41) is 0. The minimum Gasteiger partial charge on any atom is -0.486 e. The van der Waals surface area contributed by atoms with Crippen LogP contribution in [0.25, 0.3) is 0 Å². The molecule has 0 bridgehead atoms. The quantitative estimate of drug-likeness (QED) is 0.865. The van der Waals surface area contributed by atoms with E-state index in [-0.39, 0.29) is 11.7 Å². The predicted molar refractivity (Wildman–Crippen MR) is 90.7 cm³/mol. The molecule has 0 saturated carbocycles. The first kappa shape index (κ1) is 15.5. The zero-order chi connectivity index (χ0) is 16.2. The van der Waals surface area contributed by atoms with Gasteiger partial charge in [0.25, 0.3) is 0 Å². The summed E-state index contributed by atoms with van der Waals surface area (Å²) in [5.74, 6) is 0.823. The van der Waals surface area contributed by atoms with Crippen LogP contribution in [0.5, 0.6) is 5.75 Å². The molecular weight excluding hydrogens is 302 g/mol. The number of aromatic nitrogens is 2. The lowest BCUT2D eigenvalue weighted by Gasteiger charge is -2.39. The van der Waals surface area contributed by atoms with E-state index in [2.05, 4.69) is 20.9 Å². The summed E-state index contributed by atoms with van der Waals surface area (Å²) in [6.45, 7) is 3.61. The molecule has 24 heavy (non-hydrogen) atoms. The zero-order valence-electron chi connectivity index (χ0n) is 13.8. The highest BCUT2D eigenvalue weighted by Gasteiger charge is 2.44. The predicted octanol–water partition coefficient (Wildman–Crippen LogP) is 2.68. The Hall–Kier alpha value is -1.98. The number of likely N-dealkylation sites (tertiary alicyclic amines) is 1. The molecule has 2 aliphatic heterocycles. The first-order valence-electron chi connectivity index (χ1n) is 8.64. The molecule has 2 aliphatic rings. The third-order valence-electron chi connectivity index (χ3n) is 4.84. The van der Waals surface area contributed by atoms with Crippen LogP contribution in [0, 0.1) is 0 Å². The van der Waals surface area contributed by atoms with Crippen LogP contribution >= 0.6 is 0 Å². The maximum atomic E-state index is 6.23. The van der Waals surface area contributed by atoms with Gasteiger partial charge in [0.15, 0.2) is 0 Å². The van der Waals surface area contributed by atoms with Crippen LogP contribution in [-0.2, 0) is 11.3 Å². The summed E-state index contributed by atoms with van der Waals surface area (Å²) in [4.78, 5) is 11.0. The summed E-state index contributed by atoms with van der Waals surface area (Å²) < 4.78 is 12.3. The number of hydrogen-bond donors (Lipinski definition) is 0. The van der Waals surface area contributed by atoms with Crippen LogP contribution in [0.3, 0.4) is 0 Å². The lowest BCUT2D eigenvalue weighted by atomic mass is 9.89. The van der Waals surface area contributed by atoms with Gasteiger partial charge in [-0.1, -0.05) is 6.07 Å². The minimum absolute atomic E-state index is 0.0695. The second-order valence-corrected chi connectivity index (χ2v) is 6.76. The summed E-state index contributed by atoms with van der Waals surface area (Å²) in [6, 6.07) is 9.95. The maximum absolute atomic E-state index is 6.23. The molecule has 2 fully saturated rings. The van der Waals surface area contributed by atoms with Gasteiger partial charge in [-0.3, -0.25) is 14.9 Å². The lowest BCUT2D eigenvalue weighted by Crippen LogP contribution is -2.47. The summed E-state index contributed by atoms with van der Waals surface area (Å²) in [7, 11) is 0. The number of rotatable bonds is 4. The van der Waals surface area contributed by atoms with E-state index in [1.807, 2.05) is 30.5 Å². The Morgan fingerprint density at radius 3 is 3.08 bits per heavy atom. The van der Waals surface area contributed by atoms with Crippen LogP contribution in [0.2, 0.25) is 0 Å². The van der Waals surface area contributed by atoms with Crippen LogP contribution in [0.4, 0.5) is 0 Å². The molecule has 126 valence electrons. The van der Waals surface area contributed by atoms with Crippen molar-refractivity contribution in [2.45, 2.75) is 37.5 Å². The van der Waals surface area contributed by atoms with Gasteiger partial charge in [-0.05, 0) is 43.7 Å². The molecule has 2 aromatic rings. The van der Waals surface area contributed by atoms with Gasteiger partial charge in [0.2, 0.25) is 0 Å². The summed E-state index contributed by atoms with van der Waals surface area (Å²) in [5.41, 5.74) is 1.05. The van der Waals surface area contributed by atoms with Gasteiger partial charge in [-0.25, -0.2) is 0 Å². The minimum atomic E-state index is -0.0695. The second-order valence-electron chi connectivity index (χ2n) is 6.76.